The van der Waals surface area contributed by atoms with Crippen molar-refractivity contribution in [1.29, 1.82) is 0 Å². The molecule has 4 nitrogen and oxygen atoms in total. The zero-order valence-corrected chi connectivity index (χ0v) is 15.1. The maximum atomic E-state index is 13.2. The third-order valence-corrected chi connectivity index (χ3v) is 5.66. The SMILES string of the molecule is Cc1cc(F)ccc1C(=O)NC1CCN(CC2(O)CCCCC2)CC1. The number of hydrogen-bond donors (Lipinski definition) is 2. The monoisotopic (exact) mass is 348 g/mol. The highest BCUT2D eigenvalue weighted by Gasteiger charge is 2.32. The normalized spacial score (nSPS) is 21.9. The fourth-order valence-corrected chi connectivity index (χ4v) is 4.16. The van der Waals surface area contributed by atoms with Gasteiger partial charge in [0.2, 0.25) is 0 Å². The number of aryl methyl sites for hydroxylation is 1. The van der Waals surface area contributed by atoms with E-state index >= 15 is 0 Å². The molecule has 25 heavy (non-hydrogen) atoms. The van der Waals surface area contributed by atoms with Crippen LogP contribution in [0.5, 0.6) is 0 Å². The maximum Gasteiger partial charge on any atom is 0.251 e. The van der Waals surface area contributed by atoms with Crippen molar-refractivity contribution < 1.29 is 14.3 Å². The summed E-state index contributed by atoms with van der Waals surface area (Å²) in [5.74, 6) is -0.440. The highest BCUT2D eigenvalue weighted by molar-refractivity contribution is 5.95. The zero-order valence-electron chi connectivity index (χ0n) is 15.1. The lowest BCUT2D eigenvalue weighted by molar-refractivity contribution is -0.0312. The number of rotatable bonds is 4. The number of likely N-dealkylation sites (tertiary alicyclic amines) is 1. The van der Waals surface area contributed by atoms with Gasteiger partial charge in [-0.3, -0.25) is 4.79 Å². The van der Waals surface area contributed by atoms with Crippen LogP contribution in [-0.4, -0.2) is 47.2 Å². The number of nitrogens with one attached hydrogen (secondary N) is 1. The van der Waals surface area contributed by atoms with Crippen LogP contribution in [0, 0.1) is 12.7 Å². The number of halogens is 1. The van der Waals surface area contributed by atoms with Crippen LogP contribution in [0.4, 0.5) is 4.39 Å². The van der Waals surface area contributed by atoms with E-state index < -0.39 is 5.60 Å². The molecule has 0 atom stereocenters. The first-order valence-corrected chi connectivity index (χ1v) is 9.47. The van der Waals surface area contributed by atoms with Crippen molar-refractivity contribution >= 4 is 5.91 Å². The molecule has 0 aromatic heterocycles. The Balaban J connectivity index is 1.48. The van der Waals surface area contributed by atoms with Crippen molar-refractivity contribution in [2.75, 3.05) is 19.6 Å². The van der Waals surface area contributed by atoms with Crippen LogP contribution in [0.2, 0.25) is 0 Å². The molecule has 1 amide bonds. The molecule has 1 aromatic carbocycles. The predicted octanol–water partition coefficient (Wildman–Crippen LogP) is 3.02. The summed E-state index contributed by atoms with van der Waals surface area (Å²) >= 11 is 0. The van der Waals surface area contributed by atoms with Gasteiger partial charge < -0.3 is 15.3 Å². The molecule has 1 aliphatic carbocycles. The van der Waals surface area contributed by atoms with E-state index in [4.69, 9.17) is 0 Å². The maximum absolute atomic E-state index is 13.2. The molecule has 0 spiro atoms. The Morgan fingerprint density at radius 2 is 1.96 bits per heavy atom. The average Bonchev–Trinajstić information content (AvgIpc) is 2.57. The minimum absolute atomic E-state index is 0.123. The number of β-amino-alcohol motifs (C(OH)–C–C–N with tert-alkyl or cyclic N) is 1. The van der Waals surface area contributed by atoms with E-state index in [1.54, 1.807) is 13.0 Å². The average molecular weight is 348 g/mol. The Kier molecular flexibility index (Phi) is 5.74. The van der Waals surface area contributed by atoms with Gasteiger partial charge in [0.05, 0.1) is 5.60 Å². The van der Waals surface area contributed by atoms with Gasteiger partial charge in [0.25, 0.3) is 5.91 Å². The molecule has 138 valence electrons. The third-order valence-electron chi connectivity index (χ3n) is 5.66. The quantitative estimate of drug-likeness (QED) is 0.879. The second-order valence-corrected chi connectivity index (χ2v) is 7.77. The lowest BCUT2D eigenvalue weighted by atomic mass is 9.84. The second-order valence-electron chi connectivity index (χ2n) is 7.77. The van der Waals surface area contributed by atoms with E-state index in [1.807, 2.05) is 0 Å². The summed E-state index contributed by atoms with van der Waals surface area (Å²) in [6, 6.07) is 4.42. The van der Waals surface area contributed by atoms with E-state index in [1.165, 1.54) is 18.6 Å². The Morgan fingerprint density at radius 1 is 1.28 bits per heavy atom. The van der Waals surface area contributed by atoms with Crippen molar-refractivity contribution in [3.8, 4) is 0 Å². The van der Waals surface area contributed by atoms with Crippen LogP contribution in [0.1, 0.15) is 60.9 Å². The molecular weight excluding hydrogens is 319 g/mol. The Labute approximate surface area is 149 Å². The number of hydrogen-bond acceptors (Lipinski definition) is 3. The van der Waals surface area contributed by atoms with Crippen molar-refractivity contribution in [3.05, 3.63) is 35.1 Å². The van der Waals surface area contributed by atoms with Crippen LogP contribution in [0.15, 0.2) is 18.2 Å². The van der Waals surface area contributed by atoms with Gasteiger partial charge in [0, 0.05) is 31.2 Å². The molecule has 2 fully saturated rings. The fraction of sp³-hybridized carbons (Fsp3) is 0.650. The van der Waals surface area contributed by atoms with Gasteiger partial charge in [0.15, 0.2) is 0 Å². The molecule has 2 aliphatic rings. The summed E-state index contributed by atoms with van der Waals surface area (Å²) in [5, 5.41) is 13.8. The highest BCUT2D eigenvalue weighted by Crippen LogP contribution is 2.29. The molecule has 0 bridgehead atoms. The molecule has 1 aromatic rings. The first-order chi connectivity index (χ1) is 12.0. The fourth-order valence-electron chi connectivity index (χ4n) is 4.16. The number of amides is 1. The van der Waals surface area contributed by atoms with E-state index in [0.29, 0.717) is 11.1 Å². The summed E-state index contributed by atoms with van der Waals surface area (Å²) in [6.45, 7) is 4.31. The van der Waals surface area contributed by atoms with Gasteiger partial charge in [-0.1, -0.05) is 19.3 Å². The summed E-state index contributed by atoms with van der Waals surface area (Å²) < 4.78 is 13.2. The Hall–Kier alpha value is -1.46. The van der Waals surface area contributed by atoms with Crippen molar-refractivity contribution in [2.45, 2.75) is 63.5 Å². The number of carbonyl (C=O) groups is 1. The first kappa shape index (κ1) is 18.3. The first-order valence-electron chi connectivity index (χ1n) is 9.47. The molecule has 1 heterocycles. The predicted molar refractivity (Wildman–Crippen MR) is 96.1 cm³/mol. The molecular formula is C20H29FN2O2. The molecule has 0 unspecified atom stereocenters. The Bertz CT molecular complexity index is 606. The molecule has 1 saturated carbocycles. The minimum Gasteiger partial charge on any atom is -0.389 e. The molecule has 1 aliphatic heterocycles. The van der Waals surface area contributed by atoms with E-state index in [2.05, 4.69) is 10.2 Å². The minimum atomic E-state index is -0.514. The lowest BCUT2D eigenvalue weighted by Gasteiger charge is -2.40. The Morgan fingerprint density at radius 3 is 2.60 bits per heavy atom. The van der Waals surface area contributed by atoms with Crippen molar-refractivity contribution in [1.82, 2.24) is 10.2 Å². The van der Waals surface area contributed by atoms with Gasteiger partial charge in [-0.15, -0.1) is 0 Å². The lowest BCUT2D eigenvalue weighted by Crippen LogP contribution is -2.50. The zero-order chi connectivity index (χ0) is 17.9. The van der Waals surface area contributed by atoms with Crippen LogP contribution >= 0.6 is 0 Å². The molecule has 3 rings (SSSR count). The highest BCUT2D eigenvalue weighted by atomic mass is 19.1. The number of piperidine rings is 1. The number of benzene rings is 1. The number of carbonyl (C=O) groups excluding carboxylic acids is 1. The topological polar surface area (TPSA) is 52.6 Å². The number of aliphatic hydroxyl groups is 1. The molecule has 2 N–H and O–H groups in total. The molecule has 0 radical (unpaired) electrons. The van der Waals surface area contributed by atoms with Crippen LogP contribution < -0.4 is 5.32 Å². The smallest absolute Gasteiger partial charge is 0.251 e. The molecule has 5 heteroatoms. The van der Waals surface area contributed by atoms with E-state index in [0.717, 1.165) is 58.2 Å². The molecule has 1 saturated heterocycles. The largest absolute Gasteiger partial charge is 0.389 e. The summed E-state index contributed by atoms with van der Waals surface area (Å²) in [5.41, 5.74) is 0.689. The van der Waals surface area contributed by atoms with Gasteiger partial charge in [-0.05, 0) is 56.4 Å². The van der Waals surface area contributed by atoms with Gasteiger partial charge in [-0.2, -0.15) is 0 Å². The van der Waals surface area contributed by atoms with Gasteiger partial charge in [-0.25, -0.2) is 4.39 Å². The van der Waals surface area contributed by atoms with Crippen LogP contribution in [0.25, 0.3) is 0 Å². The standard InChI is InChI=1S/C20H29FN2O2/c1-15-13-16(21)5-6-18(15)19(24)22-17-7-11-23(12-8-17)14-20(25)9-3-2-4-10-20/h5-6,13,17,25H,2-4,7-12,14H2,1H3,(H,22,24). The summed E-state index contributed by atoms with van der Waals surface area (Å²) in [7, 11) is 0. The number of nitrogens with zero attached hydrogens (tertiary/aromatic N) is 1. The van der Waals surface area contributed by atoms with Crippen LogP contribution in [0.3, 0.4) is 0 Å². The van der Waals surface area contributed by atoms with Crippen LogP contribution in [-0.2, 0) is 0 Å². The summed E-state index contributed by atoms with van der Waals surface area (Å²) in [6.07, 6.45) is 7.09. The summed E-state index contributed by atoms with van der Waals surface area (Å²) in [4.78, 5) is 14.7. The van der Waals surface area contributed by atoms with Crippen molar-refractivity contribution in [2.24, 2.45) is 0 Å². The third kappa shape index (κ3) is 4.79. The van der Waals surface area contributed by atoms with E-state index in [-0.39, 0.29) is 17.8 Å². The van der Waals surface area contributed by atoms with Gasteiger partial charge >= 0.3 is 0 Å². The second kappa shape index (κ2) is 7.83. The van der Waals surface area contributed by atoms with Crippen molar-refractivity contribution in [3.63, 3.8) is 0 Å². The van der Waals surface area contributed by atoms with Gasteiger partial charge in [0.1, 0.15) is 5.82 Å². The van der Waals surface area contributed by atoms with E-state index in [9.17, 15) is 14.3 Å².